The number of carbonyl (C=O) groups is 3. The Morgan fingerprint density at radius 3 is 1.78 bits per heavy atom. The van der Waals surface area contributed by atoms with Gasteiger partial charge in [-0.1, -0.05) is 6.42 Å². The van der Waals surface area contributed by atoms with E-state index in [9.17, 15) is 14.4 Å². The van der Waals surface area contributed by atoms with Crippen molar-refractivity contribution in [2.75, 3.05) is 0 Å². The van der Waals surface area contributed by atoms with E-state index >= 15 is 0 Å². The minimum Gasteiger partial charge on any atom is -0.478 e. The number of carboxylic acids is 2. The third kappa shape index (κ3) is 10.5. The van der Waals surface area contributed by atoms with E-state index in [0.29, 0.717) is 12.2 Å². The van der Waals surface area contributed by atoms with Crippen LogP contribution in [0.5, 0.6) is 0 Å². The van der Waals surface area contributed by atoms with Crippen LogP contribution in [0.3, 0.4) is 0 Å². The molecule has 102 valence electrons. The number of amides is 1. The van der Waals surface area contributed by atoms with Crippen LogP contribution >= 0.6 is 0 Å². The van der Waals surface area contributed by atoms with Crippen LogP contribution in [0.4, 0.5) is 4.79 Å². The van der Waals surface area contributed by atoms with E-state index < -0.39 is 18.0 Å². The van der Waals surface area contributed by atoms with Crippen LogP contribution in [0.2, 0.25) is 0 Å². The summed E-state index contributed by atoms with van der Waals surface area (Å²) < 4.78 is 4.83. The third-order valence-electron chi connectivity index (χ3n) is 2.20. The van der Waals surface area contributed by atoms with Crippen LogP contribution in [-0.2, 0) is 14.3 Å². The smallest absolute Gasteiger partial charge is 0.404 e. The Kier molecular flexibility index (Phi) is 8.00. The molecular weight excluding hydrogens is 242 g/mol. The lowest BCUT2D eigenvalue weighted by Crippen LogP contribution is -2.24. The fourth-order valence-corrected chi connectivity index (χ4v) is 1.49. The Morgan fingerprint density at radius 2 is 1.44 bits per heavy atom. The highest BCUT2D eigenvalue weighted by atomic mass is 16.6. The summed E-state index contributed by atoms with van der Waals surface area (Å²) in [6.45, 7) is 0. The van der Waals surface area contributed by atoms with Gasteiger partial charge in [0.15, 0.2) is 0 Å². The third-order valence-corrected chi connectivity index (χ3v) is 2.20. The fraction of sp³-hybridized carbons (Fsp3) is 0.545. The molecule has 1 amide bonds. The molecule has 1 aliphatic rings. The highest BCUT2D eigenvalue weighted by Gasteiger charge is 2.15. The Morgan fingerprint density at radius 1 is 1.00 bits per heavy atom. The number of hydrogen-bond acceptors (Lipinski definition) is 4. The Bertz CT molecular complexity index is 303. The van der Waals surface area contributed by atoms with E-state index in [1.165, 1.54) is 6.42 Å². The number of rotatable bonds is 3. The molecule has 7 heteroatoms. The maximum atomic E-state index is 10.3. The molecule has 0 aromatic carbocycles. The number of ether oxygens (including phenoxy) is 1. The van der Waals surface area contributed by atoms with Crippen molar-refractivity contribution in [2.45, 2.75) is 38.2 Å². The van der Waals surface area contributed by atoms with Gasteiger partial charge in [0, 0.05) is 12.2 Å². The molecule has 4 N–H and O–H groups in total. The van der Waals surface area contributed by atoms with Crippen molar-refractivity contribution in [1.82, 2.24) is 0 Å². The lowest BCUT2D eigenvalue weighted by atomic mass is 9.98. The van der Waals surface area contributed by atoms with Crippen molar-refractivity contribution >= 4 is 18.0 Å². The molecular formula is C11H17NO6. The average Bonchev–Trinajstić information content (AvgIpc) is 2.28. The second kappa shape index (κ2) is 9.03. The molecule has 0 aliphatic heterocycles. The molecule has 0 saturated heterocycles. The second-order valence-electron chi connectivity index (χ2n) is 3.71. The van der Waals surface area contributed by atoms with Crippen LogP contribution in [0.1, 0.15) is 32.1 Å². The van der Waals surface area contributed by atoms with Crippen molar-refractivity contribution in [1.29, 1.82) is 0 Å². The number of aliphatic carboxylic acids is 2. The topological polar surface area (TPSA) is 127 Å². The van der Waals surface area contributed by atoms with Gasteiger partial charge in [-0.05, 0) is 25.7 Å². The minimum atomic E-state index is -1.26. The average molecular weight is 259 g/mol. The molecule has 0 radical (unpaired) electrons. The zero-order valence-corrected chi connectivity index (χ0v) is 9.87. The number of primary amides is 1. The van der Waals surface area contributed by atoms with Gasteiger partial charge in [0.05, 0.1) is 0 Å². The van der Waals surface area contributed by atoms with Crippen LogP contribution in [0.15, 0.2) is 12.2 Å². The molecule has 1 fully saturated rings. The molecule has 0 atom stereocenters. The highest BCUT2D eigenvalue weighted by molar-refractivity contribution is 5.89. The monoisotopic (exact) mass is 259 g/mol. The first kappa shape index (κ1) is 16.0. The van der Waals surface area contributed by atoms with E-state index in [0.717, 1.165) is 25.7 Å². The molecule has 18 heavy (non-hydrogen) atoms. The molecule has 0 aromatic rings. The highest BCUT2D eigenvalue weighted by Crippen LogP contribution is 2.19. The fourth-order valence-electron chi connectivity index (χ4n) is 1.49. The summed E-state index contributed by atoms with van der Waals surface area (Å²) in [7, 11) is 0. The summed E-state index contributed by atoms with van der Waals surface area (Å²) in [6.07, 6.45) is 6.16. The first-order chi connectivity index (χ1) is 8.41. The van der Waals surface area contributed by atoms with E-state index in [-0.39, 0.29) is 6.10 Å². The normalized spacial score (nSPS) is 15.6. The predicted octanol–water partition coefficient (Wildman–Crippen LogP) is 1.13. The first-order valence-corrected chi connectivity index (χ1v) is 5.52. The van der Waals surface area contributed by atoms with E-state index in [2.05, 4.69) is 0 Å². The predicted molar refractivity (Wildman–Crippen MR) is 62.0 cm³/mol. The second-order valence-corrected chi connectivity index (χ2v) is 3.71. The molecule has 0 unspecified atom stereocenters. The van der Waals surface area contributed by atoms with Gasteiger partial charge in [-0.2, -0.15) is 0 Å². The summed E-state index contributed by atoms with van der Waals surface area (Å²) in [5, 5.41) is 15.6. The summed E-state index contributed by atoms with van der Waals surface area (Å²) in [4.78, 5) is 29.4. The largest absolute Gasteiger partial charge is 0.478 e. The SMILES string of the molecule is NC(=O)OC1CCCCC1.O=C(O)/C=C/C(=O)O. The lowest BCUT2D eigenvalue weighted by molar-refractivity contribution is -0.134. The van der Waals surface area contributed by atoms with Crippen molar-refractivity contribution in [3.8, 4) is 0 Å². The van der Waals surface area contributed by atoms with Crippen LogP contribution in [0, 0.1) is 0 Å². The molecule has 0 aromatic heterocycles. The van der Waals surface area contributed by atoms with Crippen LogP contribution in [-0.4, -0.2) is 34.3 Å². The molecule has 1 saturated carbocycles. The van der Waals surface area contributed by atoms with Gasteiger partial charge in [-0.25, -0.2) is 14.4 Å². The van der Waals surface area contributed by atoms with Gasteiger partial charge in [0.2, 0.25) is 0 Å². The zero-order chi connectivity index (χ0) is 14.0. The maximum absolute atomic E-state index is 10.3. The van der Waals surface area contributed by atoms with Gasteiger partial charge >= 0.3 is 18.0 Å². The maximum Gasteiger partial charge on any atom is 0.404 e. The lowest BCUT2D eigenvalue weighted by Gasteiger charge is -2.20. The zero-order valence-electron chi connectivity index (χ0n) is 9.87. The minimum absolute atomic E-state index is 0.103. The summed E-state index contributed by atoms with van der Waals surface area (Å²) in [5.74, 6) is -2.51. The first-order valence-electron chi connectivity index (χ1n) is 5.52. The van der Waals surface area contributed by atoms with Crippen LogP contribution in [0.25, 0.3) is 0 Å². The standard InChI is InChI=1S/C7H13NO2.C4H4O4/c8-7(9)10-6-4-2-1-3-5-6;5-3(6)1-2-4(7)8/h6H,1-5H2,(H2,8,9);1-2H,(H,5,6)(H,7,8)/b;2-1+. The van der Waals surface area contributed by atoms with Gasteiger partial charge < -0.3 is 20.7 Å². The van der Waals surface area contributed by atoms with Gasteiger partial charge in [0.1, 0.15) is 6.10 Å². The van der Waals surface area contributed by atoms with Gasteiger partial charge in [0.25, 0.3) is 0 Å². The summed E-state index contributed by atoms with van der Waals surface area (Å²) >= 11 is 0. The molecule has 0 heterocycles. The van der Waals surface area contributed by atoms with Crippen LogP contribution < -0.4 is 5.73 Å². The van der Waals surface area contributed by atoms with E-state index in [1.54, 1.807) is 0 Å². The number of nitrogens with two attached hydrogens (primary N) is 1. The summed E-state index contributed by atoms with van der Waals surface area (Å²) in [6, 6.07) is 0. The van der Waals surface area contributed by atoms with E-state index in [4.69, 9.17) is 20.7 Å². The summed E-state index contributed by atoms with van der Waals surface area (Å²) in [5.41, 5.74) is 4.86. The van der Waals surface area contributed by atoms with Crippen molar-refractivity contribution in [3.63, 3.8) is 0 Å². The van der Waals surface area contributed by atoms with Gasteiger partial charge in [-0.15, -0.1) is 0 Å². The Hall–Kier alpha value is -2.05. The van der Waals surface area contributed by atoms with Crippen molar-refractivity contribution in [2.24, 2.45) is 5.73 Å². The molecule has 0 bridgehead atoms. The molecule has 0 spiro atoms. The van der Waals surface area contributed by atoms with Crippen molar-refractivity contribution in [3.05, 3.63) is 12.2 Å². The quantitative estimate of drug-likeness (QED) is 0.652. The molecule has 1 aliphatic carbocycles. The molecule has 1 rings (SSSR count). The van der Waals surface area contributed by atoms with Gasteiger partial charge in [-0.3, -0.25) is 0 Å². The Labute approximate surface area is 104 Å². The molecule has 7 nitrogen and oxygen atoms in total. The Balaban J connectivity index is 0.000000331. The van der Waals surface area contributed by atoms with E-state index in [1.807, 2.05) is 0 Å². The van der Waals surface area contributed by atoms with Crippen molar-refractivity contribution < 1.29 is 29.3 Å². The number of carboxylic acid groups (broad SMARTS) is 2. The number of hydrogen-bond donors (Lipinski definition) is 3. The number of carbonyl (C=O) groups excluding carboxylic acids is 1.